The van der Waals surface area contributed by atoms with Gasteiger partial charge in [0.05, 0.1) is 12.6 Å². The van der Waals surface area contributed by atoms with Gasteiger partial charge in [-0.3, -0.25) is 4.79 Å². The highest BCUT2D eigenvalue weighted by Crippen LogP contribution is 2.19. The van der Waals surface area contributed by atoms with E-state index in [9.17, 15) is 4.79 Å². The Morgan fingerprint density at radius 2 is 1.64 bits per heavy atom. The highest BCUT2D eigenvalue weighted by Gasteiger charge is 2.12. The normalized spacial score (nSPS) is 11.8. The predicted octanol–water partition coefficient (Wildman–Crippen LogP) is 3.98. The third-order valence-electron chi connectivity index (χ3n) is 3.85. The standard InChI is InChI=1S/C19H24N2O/c1-4-17(16-11-6-5-7-12-16)21-18(22)13-20-19-14(2)9-8-10-15(19)3/h5-12,17,20H,4,13H2,1-3H3,(H,21,22). The molecular weight excluding hydrogens is 272 g/mol. The number of para-hydroxylation sites is 1. The Kier molecular flexibility index (Phi) is 5.59. The average molecular weight is 296 g/mol. The Labute approximate surface area is 132 Å². The first-order chi connectivity index (χ1) is 10.6. The van der Waals surface area contributed by atoms with Crippen LogP contribution in [0.15, 0.2) is 48.5 Å². The Balaban J connectivity index is 1.95. The second kappa shape index (κ2) is 7.64. The Morgan fingerprint density at radius 1 is 1.00 bits per heavy atom. The summed E-state index contributed by atoms with van der Waals surface area (Å²) >= 11 is 0. The van der Waals surface area contributed by atoms with Crippen LogP contribution < -0.4 is 10.6 Å². The minimum absolute atomic E-state index is 0.0124. The molecule has 2 aromatic carbocycles. The fourth-order valence-electron chi connectivity index (χ4n) is 2.61. The van der Waals surface area contributed by atoms with Gasteiger partial charge < -0.3 is 10.6 Å². The summed E-state index contributed by atoms with van der Waals surface area (Å²) in [6.07, 6.45) is 0.874. The van der Waals surface area contributed by atoms with E-state index >= 15 is 0 Å². The zero-order chi connectivity index (χ0) is 15.9. The molecule has 3 heteroatoms. The van der Waals surface area contributed by atoms with Gasteiger partial charge in [-0.05, 0) is 37.0 Å². The molecule has 0 saturated heterocycles. The maximum atomic E-state index is 12.2. The van der Waals surface area contributed by atoms with Crippen LogP contribution in [0.25, 0.3) is 0 Å². The minimum atomic E-state index is 0.0124. The van der Waals surface area contributed by atoms with Crippen LogP contribution in [0.4, 0.5) is 5.69 Å². The van der Waals surface area contributed by atoms with Gasteiger partial charge in [0.2, 0.25) is 5.91 Å². The summed E-state index contributed by atoms with van der Waals surface area (Å²) in [5, 5.41) is 6.34. The molecule has 0 aromatic heterocycles. The number of hydrogen-bond acceptors (Lipinski definition) is 2. The van der Waals surface area contributed by atoms with Gasteiger partial charge in [0.25, 0.3) is 0 Å². The molecule has 1 amide bonds. The summed E-state index contributed by atoms with van der Waals surface area (Å²) < 4.78 is 0. The van der Waals surface area contributed by atoms with E-state index in [0.29, 0.717) is 0 Å². The summed E-state index contributed by atoms with van der Waals surface area (Å²) in [6.45, 7) is 6.46. The quantitative estimate of drug-likeness (QED) is 0.846. The number of carbonyl (C=O) groups excluding carboxylic acids is 1. The number of carbonyl (C=O) groups is 1. The first kappa shape index (κ1) is 16.1. The van der Waals surface area contributed by atoms with Crippen molar-refractivity contribution in [3.8, 4) is 0 Å². The van der Waals surface area contributed by atoms with Gasteiger partial charge in [0, 0.05) is 5.69 Å². The molecule has 22 heavy (non-hydrogen) atoms. The smallest absolute Gasteiger partial charge is 0.239 e. The lowest BCUT2D eigenvalue weighted by molar-refractivity contribution is -0.120. The average Bonchev–Trinajstić information content (AvgIpc) is 2.53. The number of hydrogen-bond donors (Lipinski definition) is 2. The molecule has 0 aliphatic heterocycles. The molecule has 2 aromatic rings. The van der Waals surface area contributed by atoms with Crippen molar-refractivity contribution in [2.45, 2.75) is 33.2 Å². The molecule has 2 rings (SSSR count). The molecule has 0 saturated carbocycles. The fourth-order valence-corrected chi connectivity index (χ4v) is 2.61. The van der Waals surface area contributed by atoms with Crippen molar-refractivity contribution in [2.24, 2.45) is 0 Å². The van der Waals surface area contributed by atoms with Gasteiger partial charge in [-0.25, -0.2) is 0 Å². The molecular formula is C19H24N2O. The Morgan fingerprint density at radius 3 is 2.23 bits per heavy atom. The van der Waals surface area contributed by atoms with Crippen LogP contribution in [0.1, 0.15) is 36.1 Å². The van der Waals surface area contributed by atoms with Gasteiger partial charge in [-0.1, -0.05) is 55.5 Å². The molecule has 0 radical (unpaired) electrons. The van der Waals surface area contributed by atoms with E-state index in [2.05, 4.69) is 17.6 Å². The van der Waals surface area contributed by atoms with Crippen molar-refractivity contribution >= 4 is 11.6 Å². The van der Waals surface area contributed by atoms with Gasteiger partial charge in [-0.2, -0.15) is 0 Å². The van der Waals surface area contributed by atoms with Crippen LogP contribution in [0, 0.1) is 13.8 Å². The van der Waals surface area contributed by atoms with Crippen molar-refractivity contribution in [1.29, 1.82) is 0 Å². The van der Waals surface area contributed by atoms with E-state index in [0.717, 1.165) is 28.8 Å². The van der Waals surface area contributed by atoms with Crippen molar-refractivity contribution in [3.63, 3.8) is 0 Å². The molecule has 0 aliphatic rings. The predicted molar refractivity (Wildman–Crippen MR) is 92.0 cm³/mol. The lowest BCUT2D eigenvalue weighted by Gasteiger charge is -2.18. The number of aryl methyl sites for hydroxylation is 2. The fraction of sp³-hybridized carbons (Fsp3) is 0.316. The monoisotopic (exact) mass is 296 g/mol. The molecule has 3 nitrogen and oxygen atoms in total. The van der Waals surface area contributed by atoms with Gasteiger partial charge >= 0.3 is 0 Å². The lowest BCUT2D eigenvalue weighted by atomic mass is 10.0. The summed E-state index contributed by atoms with van der Waals surface area (Å²) in [4.78, 5) is 12.2. The van der Waals surface area contributed by atoms with E-state index in [-0.39, 0.29) is 18.5 Å². The number of benzene rings is 2. The molecule has 0 fully saturated rings. The largest absolute Gasteiger partial charge is 0.376 e. The highest BCUT2D eigenvalue weighted by molar-refractivity contribution is 5.81. The molecule has 0 heterocycles. The summed E-state index contributed by atoms with van der Waals surface area (Å²) in [7, 11) is 0. The second-order valence-corrected chi connectivity index (χ2v) is 5.56. The molecule has 116 valence electrons. The van der Waals surface area contributed by atoms with Crippen molar-refractivity contribution in [1.82, 2.24) is 5.32 Å². The number of rotatable bonds is 6. The van der Waals surface area contributed by atoms with Crippen LogP contribution in [0.3, 0.4) is 0 Å². The maximum Gasteiger partial charge on any atom is 0.239 e. The highest BCUT2D eigenvalue weighted by atomic mass is 16.1. The van der Waals surface area contributed by atoms with Crippen LogP contribution in [-0.2, 0) is 4.79 Å². The van der Waals surface area contributed by atoms with E-state index in [1.165, 1.54) is 0 Å². The molecule has 1 atom stereocenters. The zero-order valence-corrected chi connectivity index (χ0v) is 13.5. The SMILES string of the molecule is CCC(NC(=O)CNc1c(C)cccc1C)c1ccccc1. The zero-order valence-electron chi connectivity index (χ0n) is 13.5. The summed E-state index contributed by atoms with van der Waals surface area (Å²) in [5.74, 6) is 0.0124. The number of nitrogens with one attached hydrogen (secondary N) is 2. The first-order valence-electron chi connectivity index (χ1n) is 7.76. The second-order valence-electron chi connectivity index (χ2n) is 5.56. The third-order valence-corrected chi connectivity index (χ3v) is 3.85. The Hall–Kier alpha value is -2.29. The van der Waals surface area contributed by atoms with Gasteiger partial charge in [0.15, 0.2) is 0 Å². The van der Waals surface area contributed by atoms with Crippen molar-refractivity contribution in [2.75, 3.05) is 11.9 Å². The van der Waals surface area contributed by atoms with Crippen molar-refractivity contribution < 1.29 is 4.79 Å². The Bertz CT molecular complexity index is 602. The minimum Gasteiger partial charge on any atom is -0.376 e. The summed E-state index contributed by atoms with van der Waals surface area (Å²) in [6, 6.07) is 16.3. The van der Waals surface area contributed by atoms with E-state index < -0.39 is 0 Å². The number of anilines is 1. The topological polar surface area (TPSA) is 41.1 Å². The third kappa shape index (κ3) is 4.10. The van der Waals surface area contributed by atoms with Gasteiger partial charge in [0.1, 0.15) is 0 Å². The molecule has 0 bridgehead atoms. The van der Waals surface area contributed by atoms with Gasteiger partial charge in [-0.15, -0.1) is 0 Å². The molecule has 2 N–H and O–H groups in total. The van der Waals surface area contributed by atoms with E-state index in [4.69, 9.17) is 0 Å². The maximum absolute atomic E-state index is 12.2. The summed E-state index contributed by atoms with van der Waals surface area (Å²) in [5.41, 5.74) is 4.50. The van der Waals surface area contributed by atoms with Crippen LogP contribution >= 0.6 is 0 Å². The van der Waals surface area contributed by atoms with E-state index in [1.807, 2.05) is 62.4 Å². The molecule has 0 spiro atoms. The molecule has 0 aliphatic carbocycles. The van der Waals surface area contributed by atoms with Crippen LogP contribution in [0.2, 0.25) is 0 Å². The first-order valence-corrected chi connectivity index (χ1v) is 7.76. The van der Waals surface area contributed by atoms with E-state index in [1.54, 1.807) is 0 Å². The lowest BCUT2D eigenvalue weighted by Crippen LogP contribution is -2.33. The van der Waals surface area contributed by atoms with Crippen LogP contribution in [0.5, 0.6) is 0 Å². The molecule has 1 unspecified atom stereocenters. The van der Waals surface area contributed by atoms with Crippen LogP contribution in [-0.4, -0.2) is 12.5 Å². The van der Waals surface area contributed by atoms with Crippen molar-refractivity contribution in [3.05, 3.63) is 65.2 Å². The number of amides is 1.